The second kappa shape index (κ2) is 5.52. The summed E-state index contributed by atoms with van der Waals surface area (Å²) in [6, 6.07) is 0. The van der Waals surface area contributed by atoms with Crippen LogP contribution in [0.5, 0.6) is 0 Å². The van der Waals surface area contributed by atoms with Crippen molar-refractivity contribution in [1.29, 1.82) is 0 Å². The Morgan fingerprint density at radius 1 is 1.47 bits per heavy atom. The van der Waals surface area contributed by atoms with Crippen molar-refractivity contribution >= 4 is 27.5 Å². The fourth-order valence-corrected chi connectivity index (χ4v) is 3.01. The molecule has 0 aliphatic carbocycles. The Balaban J connectivity index is 2.55. The summed E-state index contributed by atoms with van der Waals surface area (Å²) >= 11 is 1.20. The molecule has 0 saturated carbocycles. The van der Waals surface area contributed by atoms with E-state index in [2.05, 4.69) is 11.9 Å². The first-order chi connectivity index (χ1) is 9.06. The van der Waals surface area contributed by atoms with E-state index in [1.165, 1.54) is 16.7 Å². The van der Waals surface area contributed by atoms with E-state index in [4.69, 9.17) is 5.11 Å². The Kier molecular flexibility index (Phi) is 3.99. The van der Waals surface area contributed by atoms with Gasteiger partial charge in [-0.2, -0.15) is 0 Å². The fraction of sp³-hybridized carbons (Fsp3) is 0.462. The maximum atomic E-state index is 12.4. The van der Waals surface area contributed by atoms with Gasteiger partial charge in [0.1, 0.15) is 10.7 Å². The Morgan fingerprint density at radius 3 is 2.84 bits per heavy atom. The molecule has 2 heterocycles. The van der Waals surface area contributed by atoms with E-state index in [1.807, 2.05) is 0 Å². The van der Waals surface area contributed by atoms with Crippen LogP contribution in [0.1, 0.15) is 42.4 Å². The van der Waals surface area contributed by atoms with Crippen LogP contribution >= 0.6 is 11.3 Å². The first-order valence-electron chi connectivity index (χ1n) is 6.28. The van der Waals surface area contributed by atoms with Crippen LogP contribution in [-0.4, -0.2) is 20.6 Å². The Hall–Kier alpha value is -1.69. The molecule has 0 unspecified atom stereocenters. The summed E-state index contributed by atoms with van der Waals surface area (Å²) in [6.07, 6.45) is 3.01. The van der Waals surface area contributed by atoms with E-state index >= 15 is 0 Å². The predicted octanol–water partition coefficient (Wildman–Crippen LogP) is 2.65. The number of carboxylic acids is 1. The highest BCUT2D eigenvalue weighted by atomic mass is 32.1. The van der Waals surface area contributed by atoms with Gasteiger partial charge in [0.05, 0.1) is 10.9 Å². The second-order valence-electron chi connectivity index (χ2n) is 4.46. The van der Waals surface area contributed by atoms with Gasteiger partial charge in [-0.15, -0.1) is 11.3 Å². The summed E-state index contributed by atoms with van der Waals surface area (Å²) in [6.45, 7) is 4.47. The molecule has 0 aliphatic heterocycles. The second-order valence-corrected chi connectivity index (χ2v) is 5.32. The summed E-state index contributed by atoms with van der Waals surface area (Å²) in [4.78, 5) is 28.4. The van der Waals surface area contributed by atoms with Crippen molar-refractivity contribution in [1.82, 2.24) is 9.55 Å². The number of carboxylic acid groups (broad SMARTS) is 1. The third-order valence-corrected chi connectivity index (χ3v) is 3.97. The number of aromatic nitrogens is 2. The maximum Gasteiger partial charge on any atom is 0.337 e. The molecule has 0 radical (unpaired) electrons. The molecule has 6 heteroatoms. The molecule has 1 N–H and O–H groups in total. The lowest BCUT2D eigenvalue weighted by molar-refractivity contribution is 0.0699. The van der Waals surface area contributed by atoms with E-state index < -0.39 is 5.97 Å². The van der Waals surface area contributed by atoms with Gasteiger partial charge >= 0.3 is 5.97 Å². The number of carbonyl (C=O) groups is 1. The highest BCUT2D eigenvalue weighted by molar-refractivity contribution is 7.17. The van der Waals surface area contributed by atoms with Gasteiger partial charge in [-0.1, -0.05) is 19.8 Å². The normalized spacial score (nSPS) is 11.1. The van der Waals surface area contributed by atoms with Crippen molar-refractivity contribution in [2.24, 2.45) is 0 Å². The average Bonchev–Trinajstić information content (AvgIpc) is 2.77. The molecule has 0 fully saturated rings. The molecule has 19 heavy (non-hydrogen) atoms. The Morgan fingerprint density at radius 2 is 2.21 bits per heavy atom. The molecule has 2 rings (SSSR count). The first kappa shape index (κ1) is 13.7. The summed E-state index contributed by atoms with van der Waals surface area (Å²) in [7, 11) is 0. The number of hydrogen-bond acceptors (Lipinski definition) is 4. The maximum absolute atomic E-state index is 12.4. The lowest BCUT2D eigenvalue weighted by Crippen LogP contribution is -2.24. The minimum atomic E-state index is -1.07. The third kappa shape index (κ3) is 2.53. The zero-order valence-corrected chi connectivity index (χ0v) is 11.8. The van der Waals surface area contributed by atoms with Crippen LogP contribution in [-0.2, 0) is 6.54 Å². The van der Waals surface area contributed by atoms with Gasteiger partial charge in [0, 0.05) is 11.9 Å². The van der Waals surface area contributed by atoms with Gasteiger partial charge < -0.3 is 5.11 Å². The van der Waals surface area contributed by atoms with Crippen LogP contribution in [0.25, 0.3) is 10.2 Å². The van der Waals surface area contributed by atoms with Gasteiger partial charge in [0.2, 0.25) is 0 Å². The quantitative estimate of drug-likeness (QED) is 0.855. The molecule has 102 valence electrons. The van der Waals surface area contributed by atoms with Crippen LogP contribution in [0.4, 0.5) is 0 Å². The number of rotatable bonds is 5. The number of fused-ring (bicyclic) bond motifs is 1. The van der Waals surface area contributed by atoms with E-state index in [1.54, 1.807) is 11.5 Å². The summed E-state index contributed by atoms with van der Waals surface area (Å²) < 4.78 is 1.58. The van der Waals surface area contributed by atoms with Gasteiger partial charge in [0.15, 0.2) is 0 Å². The number of aromatic carboxylic acids is 1. The lowest BCUT2D eigenvalue weighted by atomic mass is 10.2. The molecule has 0 aliphatic rings. The summed E-state index contributed by atoms with van der Waals surface area (Å²) in [5.74, 6) is -0.429. The lowest BCUT2D eigenvalue weighted by Gasteiger charge is -2.09. The predicted molar refractivity (Wildman–Crippen MR) is 75.1 cm³/mol. The number of hydrogen-bond donors (Lipinski definition) is 1. The molecule has 2 aromatic heterocycles. The smallest absolute Gasteiger partial charge is 0.337 e. The number of aryl methyl sites for hydroxylation is 1. The van der Waals surface area contributed by atoms with E-state index in [9.17, 15) is 9.59 Å². The molecule has 0 bridgehead atoms. The van der Waals surface area contributed by atoms with E-state index in [0.29, 0.717) is 17.2 Å². The van der Waals surface area contributed by atoms with Crippen LogP contribution in [0, 0.1) is 6.92 Å². The largest absolute Gasteiger partial charge is 0.478 e. The highest BCUT2D eigenvalue weighted by Gasteiger charge is 2.17. The molecule has 0 amide bonds. The minimum Gasteiger partial charge on any atom is -0.478 e. The zero-order valence-electron chi connectivity index (χ0n) is 11.0. The fourth-order valence-electron chi connectivity index (χ4n) is 2.07. The Bertz CT molecular complexity index is 672. The molecule has 2 aromatic rings. The first-order valence-corrected chi connectivity index (χ1v) is 7.16. The molecule has 0 aromatic carbocycles. The molecule has 0 saturated heterocycles. The topological polar surface area (TPSA) is 72.2 Å². The van der Waals surface area contributed by atoms with Crippen LogP contribution < -0.4 is 5.56 Å². The zero-order chi connectivity index (χ0) is 14.0. The van der Waals surface area contributed by atoms with Crippen molar-refractivity contribution in [3.63, 3.8) is 0 Å². The monoisotopic (exact) mass is 280 g/mol. The van der Waals surface area contributed by atoms with Crippen molar-refractivity contribution in [2.75, 3.05) is 0 Å². The van der Waals surface area contributed by atoms with E-state index in [0.717, 1.165) is 19.3 Å². The van der Waals surface area contributed by atoms with Crippen molar-refractivity contribution in [3.05, 3.63) is 27.1 Å². The molecule has 5 nitrogen and oxygen atoms in total. The molecular formula is C13H16N2O3S. The SMILES string of the molecule is CCCCCn1c(C)nc2scc(C(=O)O)c2c1=O. The van der Waals surface area contributed by atoms with Gasteiger partial charge in [-0.05, 0) is 13.3 Å². The molecular weight excluding hydrogens is 264 g/mol. The standard InChI is InChI=1S/C13H16N2O3S/c1-3-4-5-6-15-8(2)14-11-10(12(15)16)9(7-19-11)13(17)18/h7H,3-6H2,1-2H3,(H,17,18). The van der Waals surface area contributed by atoms with E-state index in [-0.39, 0.29) is 16.5 Å². The molecule has 0 atom stereocenters. The van der Waals surface area contributed by atoms with Crippen molar-refractivity contribution in [2.45, 2.75) is 39.7 Å². The Labute approximate surface area is 114 Å². The van der Waals surface area contributed by atoms with Gasteiger partial charge in [0.25, 0.3) is 5.56 Å². The van der Waals surface area contributed by atoms with Crippen molar-refractivity contribution < 1.29 is 9.90 Å². The number of thiophene rings is 1. The summed E-state index contributed by atoms with van der Waals surface area (Å²) in [5, 5.41) is 10.8. The van der Waals surface area contributed by atoms with Crippen LogP contribution in [0.15, 0.2) is 10.2 Å². The molecule has 0 spiro atoms. The van der Waals surface area contributed by atoms with Crippen LogP contribution in [0.3, 0.4) is 0 Å². The minimum absolute atomic E-state index is 0.0572. The van der Waals surface area contributed by atoms with Crippen LogP contribution in [0.2, 0.25) is 0 Å². The van der Waals surface area contributed by atoms with Gasteiger partial charge in [-0.25, -0.2) is 9.78 Å². The highest BCUT2D eigenvalue weighted by Crippen LogP contribution is 2.21. The number of unbranched alkanes of at least 4 members (excludes halogenated alkanes) is 2. The number of nitrogens with zero attached hydrogens (tertiary/aromatic N) is 2. The average molecular weight is 280 g/mol. The summed E-state index contributed by atoms with van der Waals surface area (Å²) in [5.41, 5.74) is -0.181. The van der Waals surface area contributed by atoms with Crippen molar-refractivity contribution in [3.8, 4) is 0 Å². The third-order valence-electron chi connectivity index (χ3n) is 3.10. The van der Waals surface area contributed by atoms with Gasteiger partial charge in [-0.3, -0.25) is 9.36 Å².